The van der Waals surface area contributed by atoms with Crippen molar-refractivity contribution in [2.24, 2.45) is 5.14 Å². The third-order valence-electron chi connectivity index (χ3n) is 4.13. The number of carbonyl (C=O) groups excluding carboxylic acids is 1. The van der Waals surface area contributed by atoms with Gasteiger partial charge in [0, 0.05) is 44.9 Å². The van der Waals surface area contributed by atoms with E-state index in [-0.39, 0.29) is 29.5 Å². The molecule has 0 saturated heterocycles. The Labute approximate surface area is 168 Å². The molecule has 0 aliphatic carbocycles. The van der Waals surface area contributed by atoms with Gasteiger partial charge >= 0.3 is 0 Å². The van der Waals surface area contributed by atoms with Gasteiger partial charge in [0.05, 0.1) is 9.82 Å². The minimum absolute atomic E-state index is 0.100. The molecular formula is C18H23N5O5S. The summed E-state index contributed by atoms with van der Waals surface area (Å²) in [5.74, 6) is -0.206. The number of rotatable bonds is 10. The number of nitrogens with one attached hydrogen (secondary N) is 2. The SMILES string of the molecule is CN(CCNC(=O)CCNc1ccc(S(N)(=O)=O)cc1[N+](=O)[O-])c1ccccc1. The molecule has 0 heterocycles. The van der Waals surface area contributed by atoms with Gasteiger partial charge < -0.3 is 15.5 Å². The molecule has 156 valence electrons. The number of sulfonamides is 1. The molecule has 0 saturated carbocycles. The normalized spacial score (nSPS) is 11.0. The van der Waals surface area contributed by atoms with Crippen molar-refractivity contribution < 1.29 is 18.1 Å². The molecule has 10 nitrogen and oxygen atoms in total. The van der Waals surface area contributed by atoms with Crippen LogP contribution in [0, 0.1) is 10.1 Å². The summed E-state index contributed by atoms with van der Waals surface area (Å²) in [5.41, 5.74) is 0.721. The van der Waals surface area contributed by atoms with E-state index in [2.05, 4.69) is 10.6 Å². The summed E-state index contributed by atoms with van der Waals surface area (Å²) in [4.78, 5) is 24.1. The molecule has 2 aromatic carbocycles. The van der Waals surface area contributed by atoms with E-state index in [9.17, 15) is 23.3 Å². The molecule has 2 aromatic rings. The third kappa shape index (κ3) is 6.73. The fraction of sp³-hybridized carbons (Fsp3) is 0.278. The first-order chi connectivity index (χ1) is 13.7. The number of nitro benzene ring substituents is 1. The minimum Gasteiger partial charge on any atom is -0.379 e. The fourth-order valence-electron chi connectivity index (χ4n) is 2.56. The van der Waals surface area contributed by atoms with E-state index in [1.54, 1.807) is 0 Å². The largest absolute Gasteiger partial charge is 0.379 e. The van der Waals surface area contributed by atoms with Crippen LogP contribution in [0.4, 0.5) is 17.1 Å². The Balaban J connectivity index is 1.82. The fourth-order valence-corrected chi connectivity index (χ4v) is 3.10. The van der Waals surface area contributed by atoms with Crippen molar-refractivity contribution in [3.05, 3.63) is 58.6 Å². The lowest BCUT2D eigenvalue weighted by Crippen LogP contribution is -2.33. The van der Waals surface area contributed by atoms with Crippen molar-refractivity contribution in [2.75, 3.05) is 36.9 Å². The Morgan fingerprint density at radius 2 is 1.86 bits per heavy atom. The molecule has 1 amide bonds. The summed E-state index contributed by atoms with van der Waals surface area (Å²) in [7, 11) is -2.12. The van der Waals surface area contributed by atoms with Crippen molar-refractivity contribution in [1.29, 1.82) is 0 Å². The highest BCUT2D eigenvalue weighted by Crippen LogP contribution is 2.27. The molecule has 0 atom stereocenters. The van der Waals surface area contributed by atoms with Crippen LogP contribution >= 0.6 is 0 Å². The highest BCUT2D eigenvalue weighted by atomic mass is 32.2. The zero-order valence-corrected chi connectivity index (χ0v) is 16.7. The van der Waals surface area contributed by atoms with E-state index >= 15 is 0 Å². The van der Waals surface area contributed by atoms with Crippen molar-refractivity contribution in [3.63, 3.8) is 0 Å². The molecule has 0 aliphatic rings. The second kappa shape index (κ2) is 9.85. The van der Waals surface area contributed by atoms with Gasteiger partial charge in [0.25, 0.3) is 5.69 Å². The van der Waals surface area contributed by atoms with Crippen LogP contribution in [0.1, 0.15) is 6.42 Å². The van der Waals surface area contributed by atoms with Gasteiger partial charge in [-0.05, 0) is 24.3 Å². The number of nitrogens with zero attached hydrogens (tertiary/aromatic N) is 2. The molecule has 0 radical (unpaired) electrons. The van der Waals surface area contributed by atoms with Gasteiger partial charge in [-0.15, -0.1) is 0 Å². The predicted molar refractivity (Wildman–Crippen MR) is 110 cm³/mol. The summed E-state index contributed by atoms with van der Waals surface area (Å²) in [6, 6.07) is 13.1. The number of primary sulfonamides is 1. The molecule has 4 N–H and O–H groups in total. The smallest absolute Gasteiger partial charge is 0.293 e. The van der Waals surface area contributed by atoms with Crippen molar-refractivity contribution in [2.45, 2.75) is 11.3 Å². The van der Waals surface area contributed by atoms with Crippen LogP contribution in [-0.4, -0.2) is 45.9 Å². The minimum atomic E-state index is -4.05. The lowest BCUT2D eigenvalue weighted by molar-refractivity contribution is -0.384. The van der Waals surface area contributed by atoms with Crippen LogP contribution in [0.15, 0.2) is 53.4 Å². The molecule has 0 unspecified atom stereocenters. The van der Waals surface area contributed by atoms with E-state index in [4.69, 9.17) is 5.14 Å². The summed E-state index contributed by atoms with van der Waals surface area (Å²) in [6.07, 6.45) is 0.100. The molecule has 0 bridgehead atoms. The maximum atomic E-state index is 12.0. The molecule has 2 rings (SSSR count). The van der Waals surface area contributed by atoms with E-state index in [0.717, 1.165) is 11.8 Å². The maximum Gasteiger partial charge on any atom is 0.293 e. The second-order valence-electron chi connectivity index (χ2n) is 6.26. The highest BCUT2D eigenvalue weighted by Gasteiger charge is 2.19. The first-order valence-corrected chi connectivity index (χ1v) is 10.3. The number of nitro groups is 1. The molecule has 0 spiro atoms. The number of para-hydroxylation sites is 1. The predicted octanol–water partition coefficient (Wildman–Crippen LogP) is 1.30. The first kappa shape index (κ1) is 22.1. The molecule has 0 aliphatic heterocycles. The van der Waals surface area contributed by atoms with E-state index in [1.165, 1.54) is 12.1 Å². The average Bonchev–Trinajstić information content (AvgIpc) is 2.67. The molecule has 11 heteroatoms. The Morgan fingerprint density at radius 1 is 1.17 bits per heavy atom. The Kier molecular flexibility index (Phi) is 7.51. The lowest BCUT2D eigenvalue weighted by Gasteiger charge is -2.19. The van der Waals surface area contributed by atoms with E-state index in [0.29, 0.717) is 13.1 Å². The van der Waals surface area contributed by atoms with Gasteiger partial charge in [-0.1, -0.05) is 18.2 Å². The summed E-state index contributed by atoms with van der Waals surface area (Å²) in [5, 5.41) is 21.7. The molecule has 0 aromatic heterocycles. The van der Waals surface area contributed by atoms with Crippen LogP contribution in [0.3, 0.4) is 0 Å². The number of likely N-dealkylation sites (N-methyl/N-ethyl adjacent to an activating group) is 1. The number of amides is 1. The van der Waals surface area contributed by atoms with Crippen LogP contribution in [0.2, 0.25) is 0 Å². The number of carbonyl (C=O) groups is 1. The monoisotopic (exact) mass is 421 g/mol. The standard InChI is InChI=1S/C18H23N5O5S/c1-22(14-5-3-2-4-6-14)12-11-21-18(24)9-10-20-16-8-7-15(29(19,27)28)13-17(16)23(25)26/h2-8,13,20H,9-12H2,1H3,(H,21,24)(H2,19,27,28). The zero-order valence-electron chi connectivity index (χ0n) is 15.9. The quantitative estimate of drug-likeness (QED) is 0.387. The summed E-state index contributed by atoms with van der Waals surface area (Å²) >= 11 is 0. The van der Waals surface area contributed by atoms with Gasteiger partial charge in [-0.2, -0.15) is 0 Å². The summed E-state index contributed by atoms with van der Waals surface area (Å²) in [6.45, 7) is 1.23. The Bertz CT molecular complexity index is 966. The van der Waals surface area contributed by atoms with Gasteiger partial charge in [0.2, 0.25) is 15.9 Å². The van der Waals surface area contributed by atoms with Crippen molar-refractivity contribution in [1.82, 2.24) is 5.32 Å². The highest BCUT2D eigenvalue weighted by molar-refractivity contribution is 7.89. The Hall–Kier alpha value is -3.18. The number of benzene rings is 2. The van der Waals surface area contributed by atoms with E-state index < -0.39 is 20.6 Å². The second-order valence-corrected chi connectivity index (χ2v) is 7.83. The van der Waals surface area contributed by atoms with Crippen LogP contribution in [0.5, 0.6) is 0 Å². The van der Waals surface area contributed by atoms with Gasteiger partial charge in [-0.3, -0.25) is 14.9 Å². The summed E-state index contributed by atoms with van der Waals surface area (Å²) < 4.78 is 22.7. The van der Waals surface area contributed by atoms with Crippen LogP contribution < -0.4 is 20.7 Å². The van der Waals surface area contributed by atoms with Gasteiger partial charge in [0.1, 0.15) is 5.69 Å². The first-order valence-electron chi connectivity index (χ1n) is 8.76. The molecule has 29 heavy (non-hydrogen) atoms. The van der Waals surface area contributed by atoms with Gasteiger partial charge in [0.15, 0.2) is 0 Å². The van der Waals surface area contributed by atoms with E-state index in [1.807, 2.05) is 42.3 Å². The van der Waals surface area contributed by atoms with Crippen molar-refractivity contribution >= 4 is 33.0 Å². The van der Waals surface area contributed by atoms with Crippen LogP contribution in [-0.2, 0) is 14.8 Å². The Morgan fingerprint density at radius 3 is 2.48 bits per heavy atom. The number of hydrogen-bond acceptors (Lipinski definition) is 7. The lowest BCUT2D eigenvalue weighted by atomic mass is 10.2. The zero-order chi connectivity index (χ0) is 21.4. The number of nitrogens with two attached hydrogens (primary N) is 1. The number of anilines is 2. The molecular weight excluding hydrogens is 398 g/mol. The molecule has 0 fully saturated rings. The number of hydrogen-bond donors (Lipinski definition) is 3. The van der Waals surface area contributed by atoms with Crippen LogP contribution in [0.25, 0.3) is 0 Å². The average molecular weight is 421 g/mol. The maximum absolute atomic E-state index is 12.0. The third-order valence-corrected chi connectivity index (χ3v) is 5.04. The van der Waals surface area contributed by atoms with Gasteiger partial charge in [-0.25, -0.2) is 13.6 Å². The topological polar surface area (TPSA) is 148 Å². The van der Waals surface area contributed by atoms with Crippen molar-refractivity contribution in [3.8, 4) is 0 Å².